The van der Waals surface area contributed by atoms with Gasteiger partial charge in [-0.05, 0) is 49.1 Å². The van der Waals surface area contributed by atoms with E-state index in [1.807, 2.05) is 24.5 Å². The molecule has 1 aliphatic carbocycles. The average molecular weight is 531 g/mol. The summed E-state index contributed by atoms with van der Waals surface area (Å²) in [7, 11) is 0. The second kappa shape index (κ2) is 9.89. The van der Waals surface area contributed by atoms with Crippen LogP contribution in [0.1, 0.15) is 44.4 Å². The van der Waals surface area contributed by atoms with Crippen molar-refractivity contribution in [3.05, 3.63) is 53.5 Å². The lowest BCUT2D eigenvalue weighted by molar-refractivity contribution is -0.286. The summed E-state index contributed by atoms with van der Waals surface area (Å²) in [5.41, 5.74) is 0.278. The molecular weight excluding hydrogens is 501 g/mol. The quantitative estimate of drug-likeness (QED) is 0.368. The molecule has 0 radical (unpaired) electrons. The van der Waals surface area contributed by atoms with E-state index < -0.39 is 28.8 Å². The third-order valence-electron chi connectivity index (χ3n) is 7.01. The molecule has 1 aromatic heterocycles. The normalized spacial score (nSPS) is 16.6. The van der Waals surface area contributed by atoms with Gasteiger partial charge >= 0.3 is 6.29 Å². The Balaban J connectivity index is 0.00000164. The Morgan fingerprint density at radius 1 is 1.11 bits per heavy atom. The first kappa shape index (κ1) is 27.4. The summed E-state index contributed by atoms with van der Waals surface area (Å²) in [5, 5.41) is 22.5. The van der Waals surface area contributed by atoms with Crippen LogP contribution in [-0.4, -0.2) is 40.2 Å². The number of fused-ring (bicyclic) bond motifs is 2. The molecule has 38 heavy (non-hydrogen) atoms. The Labute approximate surface area is 218 Å². The van der Waals surface area contributed by atoms with Gasteiger partial charge in [-0.1, -0.05) is 19.9 Å². The van der Waals surface area contributed by atoms with E-state index in [0.717, 1.165) is 5.69 Å². The van der Waals surface area contributed by atoms with E-state index in [9.17, 15) is 23.8 Å². The van der Waals surface area contributed by atoms with Crippen LogP contribution < -0.4 is 14.8 Å². The molecule has 0 atom stereocenters. The summed E-state index contributed by atoms with van der Waals surface area (Å²) < 4.78 is 52.8. The largest absolute Gasteiger partial charge is 0.586 e. The van der Waals surface area contributed by atoms with Crippen molar-refractivity contribution in [2.75, 3.05) is 18.5 Å². The first-order valence-electron chi connectivity index (χ1n) is 12.1. The number of hydrogen-bond donors (Lipinski definition) is 3. The zero-order valence-electron chi connectivity index (χ0n) is 21.1. The number of alkyl halides is 2. The number of amides is 1. The predicted octanol–water partition coefficient (Wildman–Crippen LogP) is 4.67. The Morgan fingerprint density at radius 3 is 2.42 bits per heavy atom. The smallest absolute Gasteiger partial charge is 0.396 e. The number of halogens is 3. The maximum Gasteiger partial charge on any atom is 0.586 e. The molecule has 3 N–H and O–H groups in total. The van der Waals surface area contributed by atoms with Gasteiger partial charge in [-0.2, -0.15) is 0 Å². The van der Waals surface area contributed by atoms with Gasteiger partial charge in [-0.3, -0.25) is 4.79 Å². The van der Waals surface area contributed by atoms with Crippen LogP contribution in [0.15, 0.2) is 36.4 Å². The zero-order chi connectivity index (χ0) is 27.9. The molecule has 0 spiro atoms. The van der Waals surface area contributed by atoms with Crippen molar-refractivity contribution in [2.24, 2.45) is 0 Å². The first-order valence-corrected chi connectivity index (χ1v) is 12.1. The first-order chi connectivity index (χ1) is 18.0. The van der Waals surface area contributed by atoms with E-state index in [1.54, 1.807) is 12.1 Å². The van der Waals surface area contributed by atoms with Gasteiger partial charge in [-0.25, -0.2) is 4.39 Å². The lowest BCUT2D eigenvalue weighted by Gasteiger charge is -2.24. The second-order valence-corrected chi connectivity index (χ2v) is 10.1. The molecule has 0 unspecified atom stereocenters. The fourth-order valence-corrected chi connectivity index (χ4v) is 4.75. The summed E-state index contributed by atoms with van der Waals surface area (Å²) in [6.07, 6.45) is 5.66. The van der Waals surface area contributed by atoms with Crippen molar-refractivity contribution in [3.63, 3.8) is 0 Å². The number of rotatable bonds is 8. The maximum absolute atomic E-state index is 15.2. The van der Waals surface area contributed by atoms with Crippen LogP contribution in [0.2, 0.25) is 0 Å². The van der Waals surface area contributed by atoms with Gasteiger partial charge < -0.3 is 29.6 Å². The third-order valence-corrected chi connectivity index (χ3v) is 7.01. The number of ether oxygens (including phenoxy) is 2. The number of carbonyl (C=O) groups excluding carboxylic acids is 1. The minimum atomic E-state index is -3.75. The van der Waals surface area contributed by atoms with Crippen LogP contribution in [0.25, 0.3) is 10.9 Å². The van der Waals surface area contributed by atoms with Crippen LogP contribution >= 0.6 is 0 Å². The molecule has 0 bridgehead atoms. The van der Waals surface area contributed by atoms with Crippen molar-refractivity contribution >= 4 is 22.5 Å². The highest BCUT2D eigenvalue weighted by molar-refractivity contribution is 6.02. The molecule has 2 aliphatic rings. The number of aliphatic hydroxyl groups excluding tert-OH is 2. The predicted molar refractivity (Wildman–Crippen MR) is 136 cm³/mol. The molecule has 2 aromatic carbocycles. The number of anilines is 1. The summed E-state index contributed by atoms with van der Waals surface area (Å²) in [6, 6.07) is 8.98. The number of hydrogen-bond acceptors (Lipinski definition) is 5. The van der Waals surface area contributed by atoms with Crippen LogP contribution in [0.4, 0.5) is 18.9 Å². The number of nitrogens with zero attached hydrogens (tertiary/aromatic N) is 1. The molecular formula is C28H29F3N2O5. The number of aryl methyl sites for hydroxylation is 1. The lowest BCUT2D eigenvalue weighted by atomic mass is 9.90. The minimum absolute atomic E-state index is 0.00119. The molecule has 7 nitrogen and oxygen atoms in total. The molecule has 1 amide bonds. The molecule has 2 heterocycles. The van der Waals surface area contributed by atoms with E-state index in [4.69, 9.17) is 0 Å². The van der Waals surface area contributed by atoms with Gasteiger partial charge in [0.25, 0.3) is 0 Å². The summed E-state index contributed by atoms with van der Waals surface area (Å²) in [4.78, 5) is 13.3. The second-order valence-electron chi connectivity index (χ2n) is 10.1. The number of aromatic nitrogens is 1. The van der Waals surface area contributed by atoms with Crippen LogP contribution in [0.3, 0.4) is 0 Å². The number of carbonyl (C=O) groups is 1. The van der Waals surface area contributed by atoms with Crippen molar-refractivity contribution in [3.8, 4) is 24.3 Å². The van der Waals surface area contributed by atoms with Gasteiger partial charge in [0.1, 0.15) is 5.82 Å². The Bertz CT molecular complexity index is 1390. The molecule has 5 rings (SSSR count). The lowest BCUT2D eigenvalue weighted by Crippen LogP contribution is -2.28. The minimum Gasteiger partial charge on any atom is -0.396 e. The molecule has 0 saturated heterocycles. The highest BCUT2D eigenvalue weighted by Gasteiger charge is 2.53. The molecule has 10 heteroatoms. The van der Waals surface area contributed by atoms with Crippen LogP contribution in [0, 0.1) is 18.7 Å². The van der Waals surface area contributed by atoms with E-state index in [-0.39, 0.29) is 30.4 Å². The van der Waals surface area contributed by atoms with E-state index in [1.165, 1.54) is 18.2 Å². The van der Waals surface area contributed by atoms with Crippen LogP contribution in [0.5, 0.6) is 11.5 Å². The topological polar surface area (TPSA) is 93.0 Å². The van der Waals surface area contributed by atoms with E-state index in [0.29, 0.717) is 42.3 Å². The Kier molecular flexibility index (Phi) is 7.12. The van der Waals surface area contributed by atoms with Crippen molar-refractivity contribution in [1.82, 2.24) is 4.57 Å². The fraction of sp³-hybridized carbons (Fsp3) is 0.393. The van der Waals surface area contributed by atoms with Crippen molar-refractivity contribution < 1.29 is 37.7 Å². The number of benzene rings is 2. The fourth-order valence-electron chi connectivity index (χ4n) is 4.75. The third kappa shape index (κ3) is 4.79. The van der Waals surface area contributed by atoms with E-state index >= 15 is 4.39 Å². The molecule has 202 valence electrons. The van der Waals surface area contributed by atoms with Gasteiger partial charge in [0.2, 0.25) is 5.91 Å². The summed E-state index contributed by atoms with van der Waals surface area (Å²) >= 11 is 0. The highest BCUT2D eigenvalue weighted by atomic mass is 19.3. The highest BCUT2D eigenvalue weighted by Crippen LogP contribution is 2.52. The molecule has 1 saturated carbocycles. The SMILES string of the molecule is C#C.CC(C)(CO)c1cc2cc(NC(=O)C3(c4ccc5c(c4)OC(F)(F)O5)CC3)c(F)cc2n1CCCO. The average Bonchev–Trinajstić information content (AvgIpc) is 3.53. The molecule has 3 aromatic rings. The number of aliphatic hydroxyl groups is 2. The van der Waals surface area contributed by atoms with Gasteiger partial charge in [0, 0.05) is 35.7 Å². The van der Waals surface area contributed by atoms with Gasteiger partial charge in [-0.15, -0.1) is 21.6 Å². The summed E-state index contributed by atoms with van der Waals surface area (Å²) in [5.74, 6) is -1.33. The van der Waals surface area contributed by atoms with Crippen molar-refractivity contribution in [1.29, 1.82) is 0 Å². The Morgan fingerprint density at radius 2 is 1.79 bits per heavy atom. The van der Waals surface area contributed by atoms with Crippen molar-refractivity contribution in [2.45, 2.75) is 56.8 Å². The number of nitrogens with one attached hydrogen (secondary N) is 1. The van der Waals surface area contributed by atoms with Gasteiger partial charge in [0.05, 0.1) is 23.2 Å². The molecule has 1 fully saturated rings. The van der Waals surface area contributed by atoms with Crippen LogP contribution in [-0.2, 0) is 22.2 Å². The Hall–Kier alpha value is -3.68. The van der Waals surface area contributed by atoms with Gasteiger partial charge in [0.15, 0.2) is 11.5 Å². The maximum atomic E-state index is 15.2. The summed E-state index contributed by atoms with van der Waals surface area (Å²) in [6.45, 7) is 4.02. The van der Waals surface area contributed by atoms with E-state index in [2.05, 4.69) is 27.6 Å². The number of terminal acetylenes is 1. The zero-order valence-corrected chi connectivity index (χ0v) is 21.1. The standard InChI is InChI=1S/C26H27F3N2O5.C2H2/c1-24(2,14-33)22-11-15-10-18(17(27)13-19(15)31(22)8-3-9-32)30-23(34)25(6-7-25)16-4-5-20-21(12-16)36-26(28,29)35-20;1-2/h4-5,10-13,32-33H,3,6-9,14H2,1-2H3,(H,30,34);1-2H. The molecule has 1 aliphatic heterocycles. The monoisotopic (exact) mass is 530 g/mol.